The Hall–Kier alpha value is -2.29. The first kappa shape index (κ1) is 14.1. The molecule has 0 heterocycles. The third-order valence-electron chi connectivity index (χ3n) is 3.21. The molecule has 0 bridgehead atoms. The number of para-hydroxylation sites is 1. The number of benzene rings is 2. The molecule has 0 aliphatic carbocycles. The van der Waals surface area contributed by atoms with Crippen molar-refractivity contribution < 1.29 is 14.6 Å². The number of aryl methyl sites for hydroxylation is 1. The minimum atomic E-state index is -0.831. The number of carboxylic acids is 1. The lowest BCUT2D eigenvalue weighted by Crippen LogP contribution is -2.24. The Morgan fingerprint density at radius 2 is 1.75 bits per heavy atom. The van der Waals surface area contributed by atoms with Crippen LogP contribution in [0.4, 0.5) is 0 Å². The van der Waals surface area contributed by atoms with E-state index in [1.807, 2.05) is 61.5 Å². The minimum absolute atomic E-state index is 0.176. The summed E-state index contributed by atoms with van der Waals surface area (Å²) in [6.45, 7) is 2.12. The maximum absolute atomic E-state index is 11.3. The van der Waals surface area contributed by atoms with E-state index in [0.717, 1.165) is 16.9 Å². The molecular formula is C17H18O3. The highest BCUT2D eigenvalue weighted by Gasteiger charge is 2.19. The number of rotatable bonds is 6. The van der Waals surface area contributed by atoms with Gasteiger partial charge < -0.3 is 9.84 Å². The fourth-order valence-electron chi connectivity index (χ4n) is 2.02. The van der Waals surface area contributed by atoms with Crippen LogP contribution in [0.2, 0.25) is 0 Å². The van der Waals surface area contributed by atoms with Crippen molar-refractivity contribution in [3.8, 4) is 5.75 Å². The summed E-state index contributed by atoms with van der Waals surface area (Å²) in [4.78, 5) is 11.3. The molecule has 0 saturated heterocycles. The Morgan fingerprint density at radius 3 is 2.40 bits per heavy atom. The summed E-state index contributed by atoms with van der Waals surface area (Å²) < 4.78 is 5.65. The molecule has 2 rings (SSSR count). The van der Waals surface area contributed by atoms with Crippen LogP contribution in [0.3, 0.4) is 0 Å². The Balaban J connectivity index is 2.00. The van der Waals surface area contributed by atoms with Gasteiger partial charge >= 0.3 is 5.97 Å². The first-order chi connectivity index (χ1) is 9.66. The van der Waals surface area contributed by atoms with Gasteiger partial charge in [0.25, 0.3) is 0 Å². The van der Waals surface area contributed by atoms with E-state index in [0.29, 0.717) is 6.42 Å². The summed E-state index contributed by atoms with van der Waals surface area (Å²) in [6.07, 6.45) is 0.474. The molecule has 0 aliphatic rings. The molecule has 1 N–H and O–H groups in total. The monoisotopic (exact) mass is 270 g/mol. The zero-order valence-electron chi connectivity index (χ0n) is 11.5. The Morgan fingerprint density at radius 1 is 1.10 bits per heavy atom. The van der Waals surface area contributed by atoms with Crippen LogP contribution in [0, 0.1) is 12.8 Å². The van der Waals surface area contributed by atoms with Crippen molar-refractivity contribution in [2.24, 2.45) is 5.92 Å². The quantitative estimate of drug-likeness (QED) is 0.876. The van der Waals surface area contributed by atoms with E-state index in [1.165, 1.54) is 0 Å². The first-order valence-electron chi connectivity index (χ1n) is 6.62. The fraction of sp³-hybridized carbons (Fsp3) is 0.235. The number of hydrogen-bond acceptors (Lipinski definition) is 2. The van der Waals surface area contributed by atoms with Gasteiger partial charge in [0.1, 0.15) is 12.4 Å². The van der Waals surface area contributed by atoms with Gasteiger partial charge in [-0.2, -0.15) is 0 Å². The van der Waals surface area contributed by atoms with Crippen molar-refractivity contribution in [2.45, 2.75) is 13.3 Å². The summed E-state index contributed by atoms with van der Waals surface area (Å²) in [5, 5.41) is 9.30. The van der Waals surface area contributed by atoms with Crippen LogP contribution in [0.1, 0.15) is 11.1 Å². The predicted octanol–water partition coefficient (Wildman–Crippen LogP) is 3.32. The van der Waals surface area contributed by atoms with Crippen LogP contribution < -0.4 is 4.74 Å². The fourth-order valence-corrected chi connectivity index (χ4v) is 2.02. The highest BCUT2D eigenvalue weighted by molar-refractivity contribution is 5.70. The molecule has 1 atom stereocenters. The number of aliphatic carboxylic acids is 1. The summed E-state index contributed by atoms with van der Waals surface area (Å²) in [7, 11) is 0. The minimum Gasteiger partial charge on any atom is -0.492 e. The van der Waals surface area contributed by atoms with Gasteiger partial charge in [0.2, 0.25) is 0 Å². The van der Waals surface area contributed by atoms with Crippen LogP contribution in [-0.4, -0.2) is 17.7 Å². The van der Waals surface area contributed by atoms with Gasteiger partial charge in [-0.05, 0) is 30.5 Å². The molecule has 104 valence electrons. The SMILES string of the molecule is Cc1ccccc1OCC(Cc1ccccc1)C(=O)O. The molecule has 3 nitrogen and oxygen atoms in total. The highest BCUT2D eigenvalue weighted by atomic mass is 16.5. The standard InChI is InChI=1S/C17H18O3/c1-13-7-5-6-10-16(13)20-12-15(17(18)19)11-14-8-3-2-4-9-14/h2-10,15H,11-12H2,1H3,(H,18,19). The van der Waals surface area contributed by atoms with E-state index >= 15 is 0 Å². The molecule has 0 spiro atoms. The van der Waals surface area contributed by atoms with Crippen molar-refractivity contribution in [2.75, 3.05) is 6.61 Å². The summed E-state index contributed by atoms with van der Waals surface area (Å²) in [6, 6.07) is 17.2. The largest absolute Gasteiger partial charge is 0.492 e. The molecule has 1 unspecified atom stereocenters. The summed E-state index contributed by atoms with van der Waals surface area (Å²) in [5.41, 5.74) is 2.02. The van der Waals surface area contributed by atoms with Crippen LogP contribution in [0.5, 0.6) is 5.75 Å². The Bertz CT molecular complexity index is 563. The van der Waals surface area contributed by atoms with Gasteiger partial charge in [-0.25, -0.2) is 0 Å². The van der Waals surface area contributed by atoms with Gasteiger partial charge in [-0.3, -0.25) is 4.79 Å². The van der Waals surface area contributed by atoms with Crippen molar-refractivity contribution in [1.29, 1.82) is 0 Å². The maximum atomic E-state index is 11.3. The molecule has 3 heteroatoms. The second-order valence-electron chi connectivity index (χ2n) is 4.80. The van der Waals surface area contributed by atoms with Crippen LogP contribution >= 0.6 is 0 Å². The van der Waals surface area contributed by atoms with Gasteiger partial charge in [-0.15, -0.1) is 0 Å². The predicted molar refractivity (Wildman–Crippen MR) is 77.9 cm³/mol. The van der Waals surface area contributed by atoms with Crippen LogP contribution in [0.25, 0.3) is 0 Å². The van der Waals surface area contributed by atoms with E-state index < -0.39 is 11.9 Å². The molecule has 0 aromatic heterocycles. The van der Waals surface area contributed by atoms with Crippen molar-refractivity contribution >= 4 is 5.97 Å². The molecule has 0 amide bonds. The Kier molecular flexibility index (Phi) is 4.77. The average Bonchev–Trinajstić information content (AvgIpc) is 2.46. The zero-order valence-corrected chi connectivity index (χ0v) is 11.5. The molecular weight excluding hydrogens is 252 g/mol. The molecule has 2 aromatic carbocycles. The van der Waals surface area contributed by atoms with Gasteiger partial charge in [0, 0.05) is 0 Å². The van der Waals surface area contributed by atoms with Crippen LogP contribution in [-0.2, 0) is 11.2 Å². The van der Waals surface area contributed by atoms with Crippen LogP contribution in [0.15, 0.2) is 54.6 Å². The molecule has 0 saturated carbocycles. The second-order valence-corrected chi connectivity index (χ2v) is 4.80. The van der Waals surface area contributed by atoms with E-state index in [1.54, 1.807) is 0 Å². The van der Waals surface area contributed by atoms with E-state index in [-0.39, 0.29) is 6.61 Å². The molecule has 0 radical (unpaired) electrons. The summed E-state index contributed by atoms with van der Waals surface area (Å²) in [5.74, 6) is -0.633. The van der Waals surface area contributed by atoms with Crippen molar-refractivity contribution in [3.63, 3.8) is 0 Å². The maximum Gasteiger partial charge on any atom is 0.310 e. The molecule has 0 fully saturated rings. The Labute approximate surface area is 118 Å². The highest BCUT2D eigenvalue weighted by Crippen LogP contribution is 2.18. The lowest BCUT2D eigenvalue weighted by Gasteiger charge is -2.15. The van der Waals surface area contributed by atoms with Gasteiger partial charge in [0.15, 0.2) is 0 Å². The number of hydrogen-bond donors (Lipinski definition) is 1. The first-order valence-corrected chi connectivity index (χ1v) is 6.62. The lowest BCUT2D eigenvalue weighted by molar-refractivity contribution is -0.142. The van der Waals surface area contributed by atoms with E-state index in [2.05, 4.69) is 0 Å². The number of carboxylic acid groups (broad SMARTS) is 1. The normalized spacial score (nSPS) is 11.8. The zero-order chi connectivity index (χ0) is 14.4. The van der Waals surface area contributed by atoms with E-state index in [4.69, 9.17) is 4.74 Å². The topological polar surface area (TPSA) is 46.5 Å². The lowest BCUT2D eigenvalue weighted by atomic mass is 10.0. The average molecular weight is 270 g/mol. The van der Waals surface area contributed by atoms with Gasteiger partial charge in [0.05, 0.1) is 5.92 Å². The van der Waals surface area contributed by atoms with Gasteiger partial charge in [-0.1, -0.05) is 48.5 Å². The van der Waals surface area contributed by atoms with E-state index in [9.17, 15) is 9.90 Å². The van der Waals surface area contributed by atoms with Crippen molar-refractivity contribution in [1.82, 2.24) is 0 Å². The van der Waals surface area contributed by atoms with Crippen molar-refractivity contribution in [3.05, 3.63) is 65.7 Å². The number of carbonyl (C=O) groups is 1. The summed E-state index contributed by atoms with van der Waals surface area (Å²) >= 11 is 0. The smallest absolute Gasteiger partial charge is 0.310 e. The molecule has 2 aromatic rings. The molecule has 0 aliphatic heterocycles. The molecule has 20 heavy (non-hydrogen) atoms. The number of ether oxygens (including phenoxy) is 1. The third kappa shape index (κ3) is 3.85. The third-order valence-corrected chi connectivity index (χ3v) is 3.21. The second kappa shape index (κ2) is 6.75.